The summed E-state index contributed by atoms with van der Waals surface area (Å²) in [5, 5.41) is 10.4. The van der Waals surface area contributed by atoms with Crippen molar-refractivity contribution < 1.29 is 14.6 Å². The molecular formula is C22H31NO3. The molecule has 0 saturated carbocycles. The first-order valence-electron chi connectivity index (χ1n) is 9.29. The van der Waals surface area contributed by atoms with Crippen LogP contribution in [0.2, 0.25) is 0 Å². The standard InChI is InChI=1S/C22H31NO3/c1-4-18(2)23(14-20-11-8-12-22(13-20)25-3)15-21(24)17-26-16-19-9-6-5-7-10-19/h5-13,18,21,24H,4,14-17H2,1-3H3. The predicted octanol–water partition coefficient (Wildman–Crippen LogP) is 3.87. The largest absolute Gasteiger partial charge is 0.497 e. The van der Waals surface area contributed by atoms with E-state index in [1.54, 1.807) is 7.11 Å². The van der Waals surface area contributed by atoms with Crippen LogP contribution in [0.25, 0.3) is 0 Å². The van der Waals surface area contributed by atoms with Crippen LogP contribution in [0.3, 0.4) is 0 Å². The third kappa shape index (κ3) is 6.79. The van der Waals surface area contributed by atoms with Crippen molar-refractivity contribution >= 4 is 0 Å². The number of nitrogens with zero attached hydrogens (tertiary/aromatic N) is 1. The first-order valence-corrected chi connectivity index (χ1v) is 9.29. The summed E-state index contributed by atoms with van der Waals surface area (Å²) in [6.45, 7) is 6.58. The third-order valence-electron chi connectivity index (χ3n) is 4.60. The van der Waals surface area contributed by atoms with E-state index in [0.717, 1.165) is 24.3 Å². The molecule has 4 nitrogen and oxygen atoms in total. The molecule has 0 fully saturated rings. The number of benzene rings is 2. The zero-order chi connectivity index (χ0) is 18.8. The highest BCUT2D eigenvalue weighted by molar-refractivity contribution is 5.28. The molecule has 0 saturated heterocycles. The lowest BCUT2D eigenvalue weighted by atomic mass is 10.1. The fraction of sp³-hybridized carbons (Fsp3) is 0.455. The van der Waals surface area contributed by atoms with Crippen molar-refractivity contribution in [2.75, 3.05) is 20.3 Å². The summed E-state index contributed by atoms with van der Waals surface area (Å²) < 4.78 is 11.0. The molecule has 0 aromatic heterocycles. The Hall–Kier alpha value is -1.88. The summed E-state index contributed by atoms with van der Waals surface area (Å²) in [6.07, 6.45) is 0.514. The van der Waals surface area contributed by atoms with E-state index < -0.39 is 6.10 Å². The van der Waals surface area contributed by atoms with Gasteiger partial charge >= 0.3 is 0 Å². The minimum atomic E-state index is -0.515. The quantitative estimate of drug-likeness (QED) is 0.663. The molecule has 26 heavy (non-hydrogen) atoms. The molecule has 2 aromatic carbocycles. The summed E-state index contributed by atoms with van der Waals surface area (Å²) >= 11 is 0. The van der Waals surface area contributed by atoms with Crippen LogP contribution >= 0.6 is 0 Å². The Morgan fingerprint density at radius 1 is 1.04 bits per heavy atom. The third-order valence-corrected chi connectivity index (χ3v) is 4.60. The molecular weight excluding hydrogens is 326 g/mol. The van der Waals surface area contributed by atoms with Gasteiger partial charge in [0.05, 0.1) is 26.4 Å². The maximum absolute atomic E-state index is 10.4. The van der Waals surface area contributed by atoms with Gasteiger partial charge in [0.1, 0.15) is 5.75 Å². The molecule has 0 amide bonds. The molecule has 2 rings (SSSR count). The van der Waals surface area contributed by atoms with Crippen LogP contribution in [-0.2, 0) is 17.9 Å². The van der Waals surface area contributed by atoms with Crippen LogP contribution < -0.4 is 4.74 Å². The molecule has 0 aliphatic heterocycles. The molecule has 0 bridgehead atoms. The molecule has 0 spiro atoms. The monoisotopic (exact) mass is 357 g/mol. The van der Waals surface area contributed by atoms with Gasteiger partial charge in [-0.25, -0.2) is 0 Å². The average Bonchev–Trinajstić information content (AvgIpc) is 2.68. The Morgan fingerprint density at radius 2 is 1.77 bits per heavy atom. The zero-order valence-corrected chi connectivity index (χ0v) is 16.1. The second-order valence-corrected chi connectivity index (χ2v) is 6.69. The number of methoxy groups -OCH3 is 1. The summed E-state index contributed by atoms with van der Waals surface area (Å²) in [7, 11) is 1.68. The van der Waals surface area contributed by atoms with E-state index in [0.29, 0.717) is 25.8 Å². The minimum Gasteiger partial charge on any atom is -0.497 e. The maximum Gasteiger partial charge on any atom is 0.119 e. The van der Waals surface area contributed by atoms with Crippen LogP contribution in [0.5, 0.6) is 5.75 Å². The van der Waals surface area contributed by atoms with Gasteiger partial charge in [-0.05, 0) is 36.6 Å². The number of rotatable bonds is 11. The van der Waals surface area contributed by atoms with Crippen molar-refractivity contribution in [3.8, 4) is 5.75 Å². The van der Waals surface area contributed by atoms with Crippen LogP contribution in [0.4, 0.5) is 0 Å². The molecule has 0 aliphatic carbocycles. The van der Waals surface area contributed by atoms with Gasteiger partial charge in [-0.3, -0.25) is 4.90 Å². The van der Waals surface area contributed by atoms with Crippen LogP contribution in [0.1, 0.15) is 31.4 Å². The smallest absolute Gasteiger partial charge is 0.119 e. The Morgan fingerprint density at radius 3 is 2.46 bits per heavy atom. The van der Waals surface area contributed by atoms with E-state index in [9.17, 15) is 5.11 Å². The SMILES string of the molecule is CCC(C)N(Cc1cccc(OC)c1)CC(O)COCc1ccccc1. The van der Waals surface area contributed by atoms with Gasteiger partial charge < -0.3 is 14.6 Å². The topological polar surface area (TPSA) is 41.9 Å². The molecule has 2 unspecified atom stereocenters. The van der Waals surface area contributed by atoms with E-state index in [1.165, 1.54) is 5.56 Å². The summed E-state index contributed by atoms with van der Waals surface area (Å²) in [6, 6.07) is 18.5. The number of aliphatic hydroxyl groups is 1. The number of aliphatic hydroxyl groups excluding tert-OH is 1. The minimum absolute atomic E-state index is 0.333. The predicted molar refractivity (Wildman–Crippen MR) is 105 cm³/mol. The highest BCUT2D eigenvalue weighted by atomic mass is 16.5. The molecule has 2 aromatic rings. The van der Waals surface area contributed by atoms with Gasteiger partial charge in [0.15, 0.2) is 0 Å². The first-order chi connectivity index (χ1) is 12.6. The lowest BCUT2D eigenvalue weighted by molar-refractivity contribution is 0.00144. The second kappa shape index (κ2) is 11.0. The van der Waals surface area contributed by atoms with E-state index >= 15 is 0 Å². The van der Waals surface area contributed by atoms with Crippen molar-refractivity contribution in [1.82, 2.24) is 4.90 Å². The normalized spacial score (nSPS) is 13.6. The van der Waals surface area contributed by atoms with Crippen molar-refractivity contribution in [3.63, 3.8) is 0 Å². The van der Waals surface area contributed by atoms with Crippen molar-refractivity contribution in [2.24, 2.45) is 0 Å². The van der Waals surface area contributed by atoms with E-state index in [-0.39, 0.29) is 0 Å². The molecule has 1 N–H and O–H groups in total. The second-order valence-electron chi connectivity index (χ2n) is 6.69. The number of hydrogen-bond acceptors (Lipinski definition) is 4. The summed E-state index contributed by atoms with van der Waals surface area (Å²) in [4.78, 5) is 2.30. The molecule has 0 aliphatic rings. The Bertz CT molecular complexity index is 632. The zero-order valence-electron chi connectivity index (χ0n) is 16.1. The van der Waals surface area contributed by atoms with Crippen molar-refractivity contribution in [3.05, 3.63) is 65.7 Å². The fourth-order valence-electron chi connectivity index (χ4n) is 2.87. The highest BCUT2D eigenvalue weighted by Crippen LogP contribution is 2.17. The van der Waals surface area contributed by atoms with Gasteiger partial charge in [0.25, 0.3) is 0 Å². The van der Waals surface area contributed by atoms with Gasteiger partial charge in [-0.15, -0.1) is 0 Å². The fourth-order valence-corrected chi connectivity index (χ4v) is 2.87. The van der Waals surface area contributed by atoms with Gasteiger partial charge in [-0.2, -0.15) is 0 Å². The van der Waals surface area contributed by atoms with Gasteiger partial charge in [0, 0.05) is 19.1 Å². The van der Waals surface area contributed by atoms with E-state index in [2.05, 4.69) is 24.8 Å². The first kappa shape index (κ1) is 20.4. The van der Waals surface area contributed by atoms with Crippen molar-refractivity contribution in [1.29, 1.82) is 0 Å². The number of ether oxygens (including phenoxy) is 2. The maximum atomic E-state index is 10.4. The van der Waals surface area contributed by atoms with E-state index in [1.807, 2.05) is 48.5 Å². The lowest BCUT2D eigenvalue weighted by Crippen LogP contribution is -2.39. The van der Waals surface area contributed by atoms with Crippen LogP contribution in [0, 0.1) is 0 Å². The summed E-state index contributed by atoms with van der Waals surface area (Å²) in [5.41, 5.74) is 2.30. The molecule has 2 atom stereocenters. The van der Waals surface area contributed by atoms with Gasteiger partial charge in [0.2, 0.25) is 0 Å². The van der Waals surface area contributed by atoms with E-state index in [4.69, 9.17) is 9.47 Å². The lowest BCUT2D eigenvalue weighted by Gasteiger charge is -2.30. The molecule has 0 radical (unpaired) electrons. The molecule has 4 heteroatoms. The summed E-state index contributed by atoms with van der Waals surface area (Å²) in [5.74, 6) is 0.860. The van der Waals surface area contributed by atoms with Crippen molar-refractivity contribution in [2.45, 2.75) is 45.6 Å². The average molecular weight is 357 g/mol. The number of hydrogen-bond donors (Lipinski definition) is 1. The Balaban J connectivity index is 1.87. The van der Waals surface area contributed by atoms with Gasteiger partial charge in [-0.1, -0.05) is 49.4 Å². The van der Waals surface area contributed by atoms with Crippen LogP contribution in [0.15, 0.2) is 54.6 Å². The Labute approximate surface area is 157 Å². The molecule has 0 heterocycles. The Kier molecular flexibility index (Phi) is 8.62. The highest BCUT2D eigenvalue weighted by Gasteiger charge is 2.17. The molecule has 142 valence electrons. The van der Waals surface area contributed by atoms with Crippen LogP contribution in [-0.4, -0.2) is 42.4 Å².